The number of esters is 1. The maximum absolute atomic E-state index is 13.0. The second-order valence-corrected chi connectivity index (χ2v) is 8.06. The van der Waals surface area contributed by atoms with Crippen LogP contribution in [-0.2, 0) is 16.1 Å². The standard InChI is InChI=1S/C19H24N4O5S/c1-10(2)9-23-16(25)13-7-6-12(17(26)28-5)8-14(13)21-19(23)29-11(3)15(24)22-18(27)20-4/h6-8,10-11H,9H2,1-5H3,(H2,20,22,24,27)/t11-/m1/s1. The van der Waals surface area contributed by atoms with Crippen molar-refractivity contribution in [2.45, 2.75) is 37.7 Å². The van der Waals surface area contributed by atoms with Crippen molar-refractivity contribution >= 4 is 40.6 Å². The molecule has 0 fully saturated rings. The van der Waals surface area contributed by atoms with Gasteiger partial charge in [-0.2, -0.15) is 0 Å². The smallest absolute Gasteiger partial charge is 0.337 e. The number of rotatable bonds is 6. The number of nitrogens with one attached hydrogen (secondary N) is 2. The van der Waals surface area contributed by atoms with Gasteiger partial charge in [-0.3, -0.25) is 19.5 Å². The van der Waals surface area contributed by atoms with E-state index in [4.69, 9.17) is 4.74 Å². The van der Waals surface area contributed by atoms with Gasteiger partial charge >= 0.3 is 12.0 Å². The summed E-state index contributed by atoms with van der Waals surface area (Å²) in [6, 6.07) is 3.94. The Morgan fingerprint density at radius 2 is 1.93 bits per heavy atom. The molecule has 1 atom stereocenters. The van der Waals surface area contributed by atoms with E-state index >= 15 is 0 Å². The monoisotopic (exact) mass is 420 g/mol. The lowest BCUT2D eigenvalue weighted by Gasteiger charge is -2.17. The zero-order chi connectivity index (χ0) is 21.7. The summed E-state index contributed by atoms with van der Waals surface area (Å²) >= 11 is 1.07. The van der Waals surface area contributed by atoms with Gasteiger partial charge in [-0.05, 0) is 31.0 Å². The highest BCUT2D eigenvalue weighted by molar-refractivity contribution is 8.00. The molecule has 0 spiro atoms. The Bertz CT molecular complexity index is 1000. The molecule has 1 aromatic heterocycles. The Hall–Kier alpha value is -2.88. The fourth-order valence-electron chi connectivity index (χ4n) is 2.55. The fraction of sp³-hybridized carbons (Fsp3) is 0.421. The second kappa shape index (κ2) is 9.55. The number of urea groups is 1. The molecule has 2 N–H and O–H groups in total. The fourth-order valence-corrected chi connectivity index (χ4v) is 3.47. The lowest BCUT2D eigenvalue weighted by molar-refractivity contribution is -0.119. The number of methoxy groups -OCH3 is 1. The van der Waals surface area contributed by atoms with E-state index in [1.807, 2.05) is 13.8 Å². The van der Waals surface area contributed by atoms with Crippen LogP contribution in [0.4, 0.5) is 4.79 Å². The molecule has 156 valence electrons. The Morgan fingerprint density at radius 3 is 2.52 bits per heavy atom. The van der Waals surface area contributed by atoms with Gasteiger partial charge in [0.1, 0.15) is 0 Å². The number of carbonyl (C=O) groups excluding carboxylic acids is 3. The Morgan fingerprint density at radius 1 is 1.24 bits per heavy atom. The molecule has 0 aliphatic rings. The zero-order valence-corrected chi connectivity index (χ0v) is 17.8. The highest BCUT2D eigenvalue weighted by Gasteiger charge is 2.21. The number of carbonyl (C=O) groups is 3. The van der Waals surface area contributed by atoms with E-state index in [0.717, 1.165) is 11.8 Å². The van der Waals surface area contributed by atoms with Crippen molar-refractivity contribution in [1.29, 1.82) is 0 Å². The first kappa shape index (κ1) is 22.4. The van der Waals surface area contributed by atoms with Gasteiger partial charge in [0.2, 0.25) is 5.91 Å². The van der Waals surface area contributed by atoms with Gasteiger partial charge in [0.15, 0.2) is 5.16 Å². The Labute approximate surface area is 172 Å². The largest absolute Gasteiger partial charge is 0.465 e. The number of amides is 3. The van der Waals surface area contributed by atoms with Crippen LogP contribution in [0.5, 0.6) is 0 Å². The summed E-state index contributed by atoms with van der Waals surface area (Å²) in [4.78, 5) is 53.0. The number of imide groups is 1. The molecule has 3 amide bonds. The molecule has 0 unspecified atom stereocenters. The average Bonchev–Trinajstić information content (AvgIpc) is 2.69. The summed E-state index contributed by atoms with van der Waals surface area (Å²) in [7, 11) is 2.68. The molecule has 29 heavy (non-hydrogen) atoms. The number of thioether (sulfide) groups is 1. The topological polar surface area (TPSA) is 119 Å². The van der Waals surface area contributed by atoms with Crippen LogP contribution in [0.25, 0.3) is 10.9 Å². The van der Waals surface area contributed by atoms with Crippen LogP contribution in [-0.4, -0.2) is 46.9 Å². The second-order valence-electron chi connectivity index (χ2n) is 6.76. The summed E-state index contributed by atoms with van der Waals surface area (Å²) in [5.41, 5.74) is 0.343. The molecular weight excluding hydrogens is 396 g/mol. The summed E-state index contributed by atoms with van der Waals surface area (Å²) in [5.74, 6) is -0.883. The first-order chi connectivity index (χ1) is 13.7. The van der Waals surface area contributed by atoms with Crippen molar-refractivity contribution in [3.8, 4) is 0 Å². The van der Waals surface area contributed by atoms with Crippen LogP contribution in [0.15, 0.2) is 28.2 Å². The molecule has 10 heteroatoms. The van der Waals surface area contributed by atoms with Gasteiger partial charge < -0.3 is 10.1 Å². The Balaban J connectivity index is 2.52. The minimum atomic E-state index is -0.682. The van der Waals surface area contributed by atoms with Crippen molar-refractivity contribution in [2.75, 3.05) is 14.2 Å². The lowest BCUT2D eigenvalue weighted by atomic mass is 10.1. The molecule has 9 nitrogen and oxygen atoms in total. The number of fused-ring (bicyclic) bond motifs is 1. The van der Waals surface area contributed by atoms with Gasteiger partial charge in [0.05, 0.1) is 28.8 Å². The molecule has 0 aliphatic carbocycles. The summed E-state index contributed by atoms with van der Waals surface area (Å²) in [5, 5.41) is 4.54. The summed E-state index contributed by atoms with van der Waals surface area (Å²) in [6.07, 6.45) is 0. The van der Waals surface area contributed by atoms with E-state index in [1.54, 1.807) is 13.0 Å². The number of benzene rings is 1. The molecule has 1 aromatic carbocycles. The first-order valence-corrected chi connectivity index (χ1v) is 9.88. The van der Waals surface area contributed by atoms with E-state index in [1.165, 1.54) is 30.9 Å². The van der Waals surface area contributed by atoms with Crippen LogP contribution >= 0.6 is 11.8 Å². The third-order valence-electron chi connectivity index (χ3n) is 4.00. The molecule has 0 saturated carbocycles. The van der Waals surface area contributed by atoms with Crippen LogP contribution in [0, 0.1) is 5.92 Å². The van der Waals surface area contributed by atoms with E-state index in [9.17, 15) is 19.2 Å². The number of hydrogen-bond donors (Lipinski definition) is 2. The van der Waals surface area contributed by atoms with Gasteiger partial charge in [0.25, 0.3) is 5.56 Å². The van der Waals surface area contributed by atoms with E-state index in [-0.39, 0.29) is 17.0 Å². The molecular formula is C19H24N4O5S. The van der Waals surface area contributed by atoms with Gasteiger partial charge in [-0.1, -0.05) is 25.6 Å². The maximum Gasteiger partial charge on any atom is 0.337 e. The number of ether oxygens (including phenoxy) is 1. The summed E-state index contributed by atoms with van der Waals surface area (Å²) in [6.45, 7) is 5.96. The normalized spacial score (nSPS) is 11.9. The number of hydrogen-bond acceptors (Lipinski definition) is 7. The summed E-state index contributed by atoms with van der Waals surface area (Å²) < 4.78 is 6.23. The van der Waals surface area contributed by atoms with Crippen molar-refractivity contribution in [2.24, 2.45) is 5.92 Å². The molecule has 1 heterocycles. The lowest BCUT2D eigenvalue weighted by Crippen LogP contribution is -2.41. The number of aromatic nitrogens is 2. The molecule has 0 bridgehead atoms. The van der Waals surface area contributed by atoms with E-state index < -0.39 is 23.2 Å². The first-order valence-electron chi connectivity index (χ1n) is 9.00. The maximum atomic E-state index is 13.0. The van der Waals surface area contributed by atoms with Crippen LogP contribution in [0.3, 0.4) is 0 Å². The molecule has 0 aliphatic heterocycles. The van der Waals surface area contributed by atoms with Gasteiger partial charge in [0, 0.05) is 13.6 Å². The predicted octanol–water partition coefficient (Wildman–Crippen LogP) is 1.78. The van der Waals surface area contributed by atoms with Crippen LogP contribution in [0.2, 0.25) is 0 Å². The molecule has 2 aromatic rings. The highest BCUT2D eigenvalue weighted by atomic mass is 32.2. The SMILES string of the molecule is CNC(=O)NC(=O)[C@@H](C)Sc1nc2cc(C(=O)OC)ccc2c(=O)n1CC(C)C. The average molecular weight is 420 g/mol. The quantitative estimate of drug-likeness (QED) is 0.415. The van der Waals surface area contributed by atoms with E-state index in [2.05, 4.69) is 15.6 Å². The van der Waals surface area contributed by atoms with Crippen molar-refractivity contribution in [3.05, 3.63) is 34.1 Å². The van der Waals surface area contributed by atoms with Crippen molar-refractivity contribution in [3.63, 3.8) is 0 Å². The van der Waals surface area contributed by atoms with Gasteiger partial charge in [-0.15, -0.1) is 0 Å². The third kappa shape index (κ3) is 5.35. The molecule has 0 saturated heterocycles. The molecule has 0 radical (unpaired) electrons. The van der Waals surface area contributed by atoms with Crippen LogP contribution in [0.1, 0.15) is 31.1 Å². The van der Waals surface area contributed by atoms with Crippen molar-refractivity contribution in [1.82, 2.24) is 20.2 Å². The minimum absolute atomic E-state index is 0.163. The van der Waals surface area contributed by atoms with E-state index in [0.29, 0.717) is 22.6 Å². The predicted molar refractivity (Wildman–Crippen MR) is 110 cm³/mol. The van der Waals surface area contributed by atoms with Gasteiger partial charge in [-0.25, -0.2) is 14.6 Å². The Kier molecular flexibility index (Phi) is 7.38. The molecule has 2 rings (SSSR count). The van der Waals surface area contributed by atoms with Crippen molar-refractivity contribution < 1.29 is 19.1 Å². The number of nitrogens with zero attached hydrogens (tertiary/aromatic N) is 2. The zero-order valence-electron chi connectivity index (χ0n) is 16.9. The minimum Gasteiger partial charge on any atom is -0.465 e. The third-order valence-corrected chi connectivity index (χ3v) is 5.09. The highest BCUT2D eigenvalue weighted by Crippen LogP contribution is 2.24. The van der Waals surface area contributed by atoms with Crippen LogP contribution < -0.4 is 16.2 Å².